The van der Waals surface area contributed by atoms with E-state index in [1.807, 2.05) is 18.8 Å². The Kier molecular flexibility index (Phi) is 2.54. The first-order chi connectivity index (χ1) is 6.24. The van der Waals surface area contributed by atoms with E-state index < -0.39 is 0 Å². The first-order valence-corrected chi connectivity index (χ1v) is 6.10. The maximum Gasteiger partial charge on any atom is 0.156 e. The van der Waals surface area contributed by atoms with Crippen molar-refractivity contribution in [1.29, 1.82) is 0 Å². The fraction of sp³-hybridized carbons (Fsp3) is 0.900. The van der Waals surface area contributed by atoms with Gasteiger partial charge in [0.05, 0.1) is 0 Å². The van der Waals surface area contributed by atoms with E-state index in [2.05, 4.69) is 17.2 Å². The smallest absolute Gasteiger partial charge is 0.156 e. The molecule has 0 atom stereocenters. The summed E-state index contributed by atoms with van der Waals surface area (Å²) in [4.78, 5) is 4.22. The number of hydrogen-bond donors (Lipinski definition) is 1. The van der Waals surface area contributed by atoms with Crippen LogP contribution in [0.15, 0.2) is 4.99 Å². The fourth-order valence-corrected chi connectivity index (χ4v) is 3.40. The molecule has 1 N–H and O–H groups in total. The van der Waals surface area contributed by atoms with Gasteiger partial charge < -0.3 is 5.32 Å². The van der Waals surface area contributed by atoms with E-state index in [1.54, 1.807) is 0 Å². The summed E-state index contributed by atoms with van der Waals surface area (Å²) in [5.74, 6) is 2.16. The van der Waals surface area contributed by atoms with Gasteiger partial charge in [-0.1, -0.05) is 18.7 Å². The van der Waals surface area contributed by atoms with E-state index >= 15 is 0 Å². The number of hydrogen-bond acceptors (Lipinski definition) is 2. The van der Waals surface area contributed by atoms with Gasteiger partial charge in [0.25, 0.3) is 0 Å². The molecule has 74 valence electrons. The highest BCUT2D eigenvalue weighted by molar-refractivity contribution is 8.14. The number of aliphatic imine (C=N–C) groups is 1. The SMILES string of the molecule is CN=C1NC2(CCC(C)CC2)CS1. The average Bonchev–Trinajstić information content (AvgIpc) is 2.55. The third-order valence-corrected chi connectivity index (χ3v) is 4.55. The van der Waals surface area contributed by atoms with Gasteiger partial charge in [0.15, 0.2) is 5.17 Å². The molecular weight excluding hydrogens is 180 g/mol. The summed E-state index contributed by atoms with van der Waals surface area (Å²) in [7, 11) is 1.87. The van der Waals surface area contributed by atoms with Crippen molar-refractivity contribution in [2.24, 2.45) is 10.9 Å². The molecule has 2 rings (SSSR count). The van der Waals surface area contributed by atoms with E-state index in [4.69, 9.17) is 0 Å². The third kappa shape index (κ3) is 1.85. The minimum atomic E-state index is 0.409. The van der Waals surface area contributed by atoms with Gasteiger partial charge in [0.1, 0.15) is 0 Å². The fourth-order valence-electron chi connectivity index (χ4n) is 2.21. The molecule has 2 fully saturated rings. The summed E-state index contributed by atoms with van der Waals surface area (Å²) >= 11 is 1.89. The molecule has 1 heterocycles. The van der Waals surface area contributed by atoms with Gasteiger partial charge in [-0.25, -0.2) is 0 Å². The normalized spacial score (nSPS) is 42.6. The zero-order chi connectivity index (χ0) is 9.31. The quantitative estimate of drug-likeness (QED) is 0.645. The Morgan fingerprint density at radius 2 is 2.15 bits per heavy atom. The van der Waals surface area contributed by atoms with Crippen molar-refractivity contribution >= 4 is 16.9 Å². The highest BCUT2D eigenvalue weighted by Gasteiger charge is 2.39. The molecule has 13 heavy (non-hydrogen) atoms. The minimum absolute atomic E-state index is 0.409. The highest BCUT2D eigenvalue weighted by atomic mass is 32.2. The van der Waals surface area contributed by atoms with Gasteiger partial charge in [-0.05, 0) is 31.6 Å². The standard InChI is InChI=1S/C10H18N2S/c1-8-3-5-10(6-4-8)7-13-9(11-2)12-10/h8H,3-7H2,1-2H3,(H,11,12). The molecule has 0 amide bonds. The molecule has 1 spiro atoms. The number of amidine groups is 1. The number of nitrogens with zero attached hydrogens (tertiary/aromatic N) is 1. The molecule has 0 unspecified atom stereocenters. The van der Waals surface area contributed by atoms with Crippen molar-refractivity contribution in [3.8, 4) is 0 Å². The second-order valence-electron chi connectivity index (χ2n) is 4.41. The number of thioether (sulfide) groups is 1. The summed E-state index contributed by atoms with van der Waals surface area (Å²) in [5.41, 5.74) is 0.409. The van der Waals surface area contributed by atoms with E-state index in [-0.39, 0.29) is 0 Å². The molecule has 0 bridgehead atoms. The van der Waals surface area contributed by atoms with Crippen molar-refractivity contribution in [3.63, 3.8) is 0 Å². The molecule has 2 nitrogen and oxygen atoms in total. The molecule has 0 aromatic heterocycles. The Balaban J connectivity index is 1.99. The Morgan fingerprint density at radius 1 is 1.46 bits per heavy atom. The maximum absolute atomic E-state index is 4.22. The maximum atomic E-state index is 4.22. The van der Waals surface area contributed by atoms with Crippen LogP contribution in [-0.2, 0) is 0 Å². The Labute approximate surface area is 84.6 Å². The molecule has 1 saturated heterocycles. The predicted molar refractivity (Wildman–Crippen MR) is 59.3 cm³/mol. The molecule has 1 saturated carbocycles. The van der Waals surface area contributed by atoms with Crippen LogP contribution in [0.5, 0.6) is 0 Å². The van der Waals surface area contributed by atoms with Gasteiger partial charge in [-0.15, -0.1) is 0 Å². The summed E-state index contributed by atoms with van der Waals surface area (Å²) < 4.78 is 0. The molecular formula is C10H18N2S. The van der Waals surface area contributed by atoms with Gasteiger partial charge in [0, 0.05) is 18.3 Å². The summed E-state index contributed by atoms with van der Waals surface area (Å²) in [6.45, 7) is 2.36. The third-order valence-electron chi connectivity index (χ3n) is 3.29. The molecule has 0 aromatic rings. The lowest BCUT2D eigenvalue weighted by atomic mass is 9.78. The Bertz CT molecular complexity index is 217. The molecule has 1 aliphatic heterocycles. The lowest BCUT2D eigenvalue weighted by molar-refractivity contribution is 0.251. The molecule has 0 radical (unpaired) electrons. The van der Waals surface area contributed by atoms with E-state index in [0.29, 0.717) is 5.54 Å². The van der Waals surface area contributed by atoms with Gasteiger partial charge in [-0.3, -0.25) is 4.99 Å². The van der Waals surface area contributed by atoms with Crippen LogP contribution in [0.25, 0.3) is 0 Å². The molecule has 3 heteroatoms. The minimum Gasteiger partial charge on any atom is -0.359 e. The van der Waals surface area contributed by atoms with Gasteiger partial charge in [0.2, 0.25) is 0 Å². The van der Waals surface area contributed by atoms with Crippen LogP contribution in [-0.4, -0.2) is 23.5 Å². The van der Waals surface area contributed by atoms with Gasteiger partial charge in [-0.2, -0.15) is 0 Å². The Morgan fingerprint density at radius 3 is 2.69 bits per heavy atom. The van der Waals surface area contributed by atoms with E-state index in [1.165, 1.54) is 31.4 Å². The molecule has 0 aromatic carbocycles. The van der Waals surface area contributed by atoms with Crippen molar-refractivity contribution in [2.45, 2.75) is 38.1 Å². The Hall–Kier alpha value is -0.180. The second-order valence-corrected chi connectivity index (χ2v) is 5.37. The van der Waals surface area contributed by atoms with Crippen LogP contribution >= 0.6 is 11.8 Å². The lowest BCUT2D eigenvalue weighted by Gasteiger charge is -2.35. The number of nitrogens with one attached hydrogen (secondary N) is 1. The van der Waals surface area contributed by atoms with Crippen LogP contribution in [0.3, 0.4) is 0 Å². The van der Waals surface area contributed by atoms with Crippen LogP contribution in [0.4, 0.5) is 0 Å². The van der Waals surface area contributed by atoms with Crippen molar-refractivity contribution in [3.05, 3.63) is 0 Å². The summed E-state index contributed by atoms with van der Waals surface area (Å²) in [6.07, 6.45) is 5.43. The van der Waals surface area contributed by atoms with Crippen LogP contribution in [0.2, 0.25) is 0 Å². The van der Waals surface area contributed by atoms with Crippen LogP contribution in [0, 0.1) is 5.92 Å². The first-order valence-electron chi connectivity index (χ1n) is 5.12. The number of rotatable bonds is 0. The average molecular weight is 198 g/mol. The van der Waals surface area contributed by atoms with Crippen molar-refractivity contribution in [2.75, 3.05) is 12.8 Å². The van der Waals surface area contributed by atoms with Gasteiger partial charge >= 0.3 is 0 Å². The predicted octanol–water partition coefficient (Wildman–Crippen LogP) is 2.26. The van der Waals surface area contributed by atoms with E-state index in [9.17, 15) is 0 Å². The monoisotopic (exact) mass is 198 g/mol. The summed E-state index contributed by atoms with van der Waals surface area (Å²) in [6, 6.07) is 0. The van der Waals surface area contributed by atoms with Crippen molar-refractivity contribution < 1.29 is 0 Å². The van der Waals surface area contributed by atoms with Crippen LogP contribution < -0.4 is 5.32 Å². The zero-order valence-electron chi connectivity index (χ0n) is 8.47. The highest BCUT2D eigenvalue weighted by Crippen LogP contribution is 2.38. The van der Waals surface area contributed by atoms with E-state index in [0.717, 1.165) is 11.1 Å². The first kappa shape index (κ1) is 9.38. The van der Waals surface area contributed by atoms with Crippen LogP contribution in [0.1, 0.15) is 32.6 Å². The summed E-state index contributed by atoms with van der Waals surface area (Å²) in [5, 5.41) is 4.74. The lowest BCUT2D eigenvalue weighted by Crippen LogP contribution is -2.46. The van der Waals surface area contributed by atoms with Crippen molar-refractivity contribution in [1.82, 2.24) is 5.32 Å². The molecule has 2 aliphatic rings. The zero-order valence-corrected chi connectivity index (χ0v) is 9.28. The largest absolute Gasteiger partial charge is 0.359 e. The second kappa shape index (κ2) is 3.52. The molecule has 1 aliphatic carbocycles. The topological polar surface area (TPSA) is 24.4 Å².